The van der Waals surface area contributed by atoms with E-state index < -0.39 is 0 Å². The Morgan fingerprint density at radius 2 is 1.47 bits per heavy atom. The van der Waals surface area contributed by atoms with Crippen molar-refractivity contribution >= 4 is 0 Å². The summed E-state index contributed by atoms with van der Waals surface area (Å²) in [6, 6.07) is 4.06. The quantitative estimate of drug-likeness (QED) is 0.672. The summed E-state index contributed by atoms with van der Waals surface area (Å²) < 4.78 is 0. The molecular formula is C14H24O. The van der Waals surface area contributed by atoms with Crippen LogP contribution in [0.2, 0.25) is 0 Å². The molecule has 0 fully saturated rings. The molecule has 0 saturated heterocycles. The Kier molecular flexibility index (Phi) is 4.86. The fraction of sp³-hybridized carbons (Fsp3) is 0.571. The maximum Gasteiger partial charge on any atom is 0.122 e. The minimum atomic E-state index is 0.0147. The van der Waals surface area contributed by atoms with Crippen molar-refractivity contribution in [2.24, 2.45) is 0 Å². The Morgan fingerprint density at radius 3 is 1.87 bits per heavy atom. The van der Waals surface area contributed by atoms with Crippen LogP contribution in [0.15, 0.2) is 12.1 Å². The Labute approximate surface area is 94.2 Å². The van der Waals surface area contributed by atoms with E-state index in [1.165, 1.54) is 5.56 Å². The molecule has 86 valence electrons. The number of phenolic OH excluding ortho intramolecular Hbond substituents is 1. The maximum atomic E-state index is 9.86. The summed E-state index contributed by atoms with van der Waals surface area (Å²) in [5.74, 6) is 0.443. The fourth-order valence-corrected chi connectivity index (χ4v) is 1.53. The first-order chi connectivity index (χ1) is 6.82. The lowest BCUT2D eigenvalue weighted by molar-refractivity contribution is 0.442. The molecule has 0 aromatic heterocycles. The van der Waals surface area contributed by atoms with Gasteiger partial charge in [-0.15, -0.1) is 0 Å². The topological polar surface area (TPSA) is 20.2 Å². The van der Waals surface area contributed by atoms with Crippen LogP contribution in [-0.4, -0.2) is 5.11 Å². The molecule has 1 N–H and O–H groups in total. The highest BCUT2D eigenvalue weighted by Crippen LogP contribution is 2.33. The zero-order valence-electron chi connectivity index (χ0n) is 11.1. The van der Waals surface area contributed by atoms with Crippen molar-refractivity contribution < 1.29 is 5.11 Å². The van der Waals surface area contributed by atoms with Gasteiger partial charge in [-0.05, 0) is 30.4 Å². The van der Waals surface area contributed by atoms with Gasteiger partial charge in [0.2, 0.25) is 0 Å². The summed E-state index contributed by atoms with van der Waals surface area (Å²) in [6.45, 7) is 14.3. The van der Waals surface area contributed by atoms with E-state index in [0.29, 0.717) is 5.75 Å². The molecule has 0 bridgehead atoms. The fourth-order valence-electron chi connectivity index (χ4n) is 1.53. The van der Waals surface area contributed by atoms with Gasteiger partial charge in [-0.2, -0.15) is 0 Å². The van der Waals surface area contributed by atoms with E-state index in [1.807, 2.05) is 26.8 Å². The highest BCUT2D eigenvalue weighted by atomic mass is 16.3. The molecule has 0 spiro atoms. The van der Waals surface area contributed by atoms with Gasteiger partial charge < -0.3 is 5.11 Å². The van der Waals surface area contributed by atoms with Crippen LogP contribution >= 0.6 is 0 Å². The van der Waals surface area contributed by atoms with E-state index in [0.717, 1.165) is 11.1 Å². The van der Waals surface area contributed by atoms with Crippen LogP contribution in [0.1, 0.15) is 51.3 Å². The van der Waals surface area contributed by atoms with E-state index in [-0.39, 0.29) is 5.41 Å². The van der Waals surface area contributed by atoms with Gasteiger partial charge in [-0.1, -0.05) is 52.3 Å². The Bertz CT molecular complexity index is 319. The van der Waals surface area contributed by atoms with Crippen molar-refractivity contribution in [3.63, 3.8) is 0 Å². The van der Waals surface area contributed by atoms with Crippen LogP contribution < -0.4 is 0 Å². The molecule has 0 atom stereocenters. The zero-order chi connectivity index (χ0) is 12.2. The second kappa shape index (κ2) is 5.20. The van der Waals surface area contributed by atoms with Crippen LogP contribution in [0.5, 0.6) is 5.75 Å². The Hall–Kier alpha value is -0.980. The van der Waals surface area contributed by atoms with Crippen LogP contribution in [0, 0.1) is 13.8 Å². The minimum Gasteiger partial charge on any atom is -0.507 e. The standard InChI is InChI=1S/C12H18O.C2H6/c1-8-6-9(2)11(13)10(7-8)12(3,4)5;1-2/h6-7,13H,1-5H3;1-2H3. The van der Waals surface area contributed by atoms with E-state index in [1.54, 1.807) is 0 Å². The number of aromatic hydroxyl groups is 1. The number of rotatable bonds is 0. The molecule has 1 aromatic rings. The Morgan fingerprint density at radius 1 is 1.00 bits per heavy atom. The molecule has 0 unspecified atom stereocenters. The van der Waals surface area contributed by atoms with Crippen molar-refractivity contribution in [1.29, 1.82) is 0 Å². The molecular weight excluding hydrogens is 184 g/mol. The van der Waals surface area contributed by atoms with Gasteiger partial charge in [0, 0.05) is 0 Å². The van der Waals surface area contributed by atoms with Crippen molar-refractivity contribution in [3.8, 4) is 5.75 Å². The summed E-state index contributed by atoms with van der Waals surface area (Å²) in [7, 11) is 0. The van der Waals surface area contributed by atoms with Gasteiger partial charge in [0.15, 0.2) is 0 Å². The average Bonchev–Trinajstić information content (AvgIpc) is 2.13. The third-order valence-corrected chi connectivity index (χ3v) is 2.25. The van der Waals surface area contributed by atoms with E-state index in [9.17, 15) is 5.11 Å². The molecule has 0 aliphatic heterocycles. The SMILES string of the molecule is CC.Cc1cc(C)c(O)c(C(C)(C)C)c1. The number of phenols is 1. The summed E-state index contributed by atoms with van der Waals surface area (Å²) in [6.07, 6.45) is 0. The molecule has 1 heteroatoms. The van der Waals surface area contributed by atoms with Gasteiger partial charge in [-0.25, -0.2) is 0 Å². The van der Waals surface area contributed by atoms with E-state index in [2.05, 4.69) is 33.8 Å². The first kappa shape index (κ1) is 14.0. The third-order valence-electron chi connectivity index (χ3n) is 2.25. The number of benzene rings is 1. The van der Waals surface area contributed by atoms with Crippen molar-refractivity contribution in [3.05, 3.63) is 28.8 Å². The van der Waals surface area contributed by atoms with Gasteiger partial charge in [-0.3, -0.25) is 0 Å². The predicted molar refractivity (Wildman–Crippen MR) is 67.6 cm³/mol. The number of aryl methyl sites for hydroxylation is 2. The molecule has 1 aromatic carbocycles. The normalized spacial score (nSPS) is 10.6. The van der Waals surface area contributed by atoms with Crippen molar-refractivity contribution in [1.82, 2.24) is 0 Å². The second-order valence-electron chi connectivity index (χ2n) is 4.73. The van der Waals surface area contributed by atoms with Crippen molar-refractivity contribution in [2.45, 2.75) is 53.9 Å². The van der Waals surface area contributed by atoms with E-state index >= 15 is 0 Å². The molecule has 1 rings (SSSR count). The molecule has 0 saturated carbocycles. The lowest BCUT2D eigenvalue weighted by Gasteiger charge is -2.22. The van der Waals surface area contributed by atoms with Crippen LogP contribution in [0.4, 0.5) is 0 Å². The molecule has 0 aliphatic carbocycles. The molecule has 0 aliphatic rings. The van der Waals surface area contributed by atoms with Crippen LogP contribution in [-0.2, 0) is 5.41 Å². The second-order valence-corrected chi connectivity index (χ2v) is 4.73. The highest BCUT2D eigenvalue weighted by Gasteiger charge is 2.19. The Balaban J connectivity index is 0.000000921. The smallest absolute Gasteiger partial charge is 0.122 e. The highest BCUT2D eigenvalue weighted by molar-refractivity contribution is 5.45. The maximum absolute atomic E-state index is 9.86. The molecule has 0 amide bonds. The molecule has 1 nitrogen and oxygen atoms in total. The van der Waals surface area contributed by atoms with Gasteiger partial charge in [0.25, 0.3) is 0 Å². The zero-order valence-corrected chi connectivity index (χ0v) is 11.1. The molecule has 0 heterocycles. The summed E-state index contributed by atoms with van der Waals surface area (Å²) in [5, 5.41) is 9.86. The summed E-state index contributed by atoms with van der Waals surface area (Å²) in [5.41, 5.74) is 3.22. The first-order valence-electron chi connectivity index (χ1n) is 5.63. The summed E-state index contributed by atoms with van der Waals surface area (Å²) >= 11 is 0. The number of hydrogen-bond acceptors (Lipinski definition) is 1. The average molecular weight is 208 g/mol. The lowest BCUT2D eigenvalue weighted by atomic mass is 9.84. The predicted octanol–water partition coefficient (Wildman–Crippen LogP) is 4.33. The third kappa shape index (κ3) is 3.58. The van der Waals surface area contributed by atoms with Crippen LogP contribution in [0.25, 0.3) is 0 Å². The first-order valence-corrected chi connectivity index (χ1v) is 5.63. The molecule has 15 heavy (non-hydrogen) atoms. The van der Waals surface area contributed by atoms with E-state index in [4.69, 9.17) is 0 Å². The number of hydrogen-bond donors (Lipinski definition) is 1. The van der Waals surface area contributed by atoms with Crippen LogP contribution in [0.3, 0.4) is 0 Å². The van der Waals surface area contributed by atoms with Crippen molar-refractivity contribution in [2.75, 3.05) is 0 Å². The van der Waals surface area contributed by atoms with Gasteiger partial charge >= 0.3 is 0 Å². The molecule has 0 radical (unpaired) electrons. The largest absolute Gasteiger partial charge is 0.507 e. The lowest BCUT2D eigenvalue weighted by Crippen LogP contribution is -2.12. The summed E-state index contributed by atoms with van der Waals surface area (Å²) in [4.78, 5) is 0. The minimum absolute atomic E-state index is 0.0147. The monoisotopic (exact) mass is 208 g/mol. The van der Waals surface area contributed by atoms with Gasteiger partial charge in [0.1, 0.15) is 5.75 Å². The van der Waals surface area contributed by atoms with Gasteiger partial charge in [0.05, 0.1) is 0 Å².